The Balaban J connectivity index is 2.75. The van der Waals surface area contributed by atoms with Gasteiger partial charge in [-0.15, -0.1) is 0 Å². The molecule has 2 aromatic heterocycles. The lowest BCUT2D eigenvalue weighted by Gasteiger charge is -2.05. The molecule has 0 N–H and O–H groups in total. The van der Waals surface area contributed by atoms with E-state index >= 15 is 0 Å². The second-order valence-electron chi connectivity index (χ2n) is 2.72. The number of fused-ring (bicyclic) bond motifs is 1. The number of alkyl halides is 2. The Morgan fingerprint density at radius 3 is 2.79 bits per heavy atom. The Bertz CT molecular complexity index is 473. The van der Waals surface area contributed by atoms with Crippen LogP contribution in [0.15, 0.2) is 24.5 Å². The van der Waals surface area contributed by atoms with Crippen LogP contribution in [0.5, 0.6) is 0 Å². The molecule has 0 spiro atoms. The molecule has 14 heavy (non-hydrogen) atoms. The van der Waals surface area contributed by atoms with Crippen LogP contribution >= 0.6 is 43.5 Å². The molecule has 2 heterocycles. The fourth-order valence-electron chi connectivity index (χ4n) is 1.20. The van der Waals surface area contributed by atoms with Crippen LogP contribution in [-0.4, -0.2) is 9.97 Å². The average molecular weight is 336 g/mol. The normalized spacial score (nSPS) is 11.1. The fourth-order valence-corrected chi connectivity index (χ4v) is 2.09. The Hall–Kier alpha value is -0.190. The Morgan fingerprint density at radius 1 is 1.29 bits per heavy atom. The van der Waals surface area contributed by atoms with Gasteiger partial charge in [-0.2, -0.15) is 0 Å². The number of hydrogen-bond donors (Lipinski definition) is 0. The number of hydrogen-bond acceptors (Lipinski definition) is 2. The van der Waals surface area contributed by atoms with Crippen LogP contribution in [0.25, 0.3) is 11.0 Å². The van der Waals surface area contributed by atoms with E-state index in [1.165, 1.54) is 0 Å². The van der Waals surface area contributed by atoms with Gasteiger partial charge in [-0.1, -0.05) is 43.5 Å². The molecule has 0 aliphatic rings. The van der Waals surface area contributed by atoms with Gasteiger partial charge in [0.05, 0.1) is 19.8 Å². The lowest BCUT2D eigenvalue weighted by atomic mass is 10.2. The summed E-state index contributed by atoms with van der Waals surface area (Å²) in [5.41, 5.74) is 2.71. The van der Waals surface area contributed by atoms with Crippen molar-refractivity contribution in [2.24, 2.45) is 0 Å². The molecule has 0 aliphatic carbocycles. The SMILES string of the molecule is Clc1cnc2c(C(Br)Br)ccnc2c1. The number of pyridine rings is 2. The van der Waals surface area contributed by atoms with Crippen molar-refractivity contribution in [1.29, 1.82) is 0 Å². The first-order chi connectivity index (χ1) is 6.68. The summed E-state index contributed by atoms with van der Waals surface area (Å²) in [5, 5.41) is 0.600. The highest BCUT2D eigenvalue weighted by molar-refractivity contribution is 9.24. The number of aromatic nitrogens is 2. The van der Waals surface area contributed by atoms with E-state index in [0.29, 0.717) is 5.02 Å². The molecular formula is C9H5Br2ClN2. The molecule has 0 saturated heterocycles. The minimum Gasteiger partial charge on any atom is -0.255 e. The van der Waals surface area contributed by atoms with Crippen LogP contribution in [0.1, 0.15) is 9.30 Å². The molecule has 0 unspecified atom stereocenters. The molecule has 0 aliphatic heterocycles. The number of rotatable bonds is 1. The summed E-state index contributed by atoms with van der Waals surface area (Å²) < 4.78 is 0.0779. The van der Waals surface area contributed by atoms with Crippen molar-refractivity contribution in [3.8, 4) is 0 Å². The van der Waals surface area contributed by atoms with E-state index in [0.717, 1.165) is 16.6 Å². The van der Waals surface area contributed by atoms with Gasteiger partial charge >= 0.3 is 0 Å². The number of halogens is 3. The van der Waals surface area contributed by atoms with Gasteiger partial charge in [0.1, 0.15) is 0 Å². The monoisotopic (exact) mass is 334 g/mol. The summed E-state index contributed by atoms with van der Waals surface area (Å²) in [6, 6.07) is 3.72. The molecule has 72 valence electrons. The van der Waals surface area contributed by atoms with Crippen LogP contribution in [0.2, 0.25) is 5.02 Å². The zero-order valence-corrected chi connectivity index (χ0v) is 10.8. The lowest BCUT2D eigenvalue weighted by molar-refractivity contribution is 1.28. The lowest BCUT2D eigenvalue weighted by Crippen LogP contribution is -1.89. The number of nitrogens with zero attached hydrogens (tertiary/aromatic N) is 2. The van der Waals surface area contributed by atoms with Crippen LogP contribution in [0, 0.1) is 0 Å². The van der Waals surface area contributed by atoms with E-state index in [1.54, 1.807) is 18.5 Å². The van der Waals surface area contributed by atoms with Gasteiger partial charge in [0, 0.05) is 18.0 Å². The molecule has 2 nitrogen and oxygen atoms in total. The summed E-state index contributed by atoms with van der Waals surface area (Å²) in [6.07, 6.45) is 3.36. The zero-order valence-electron chi connectivity index (χ0n) is 6.92. The first-order valence-electron chi connectivity index (χ1n) is 3.87. The van der Waals surface area contributed by atoms with Gasteiger partial charge in [0.25, 0.3) is 0 Å². The van der Waals surface area contributed by atoms with E-state index in [9.17, 15) is 0 Å². The maximum absolute atomic E-state index is 5.82. The average Bonchev–Trinajstić information content (AvgIpc) is 2.16. The van der Waals surface area contributed by atoms with E-state index in [1.807, 2.05) is 6.07 Å². The second-order valence-corrected chi connectivity index (χ2v) is 6.22. The summed E-state index contributed by atoms with van der Waals surface area (Å²) in [4.78, 5) is 8.44. The maximum Gasteiger partial charge on any atom is 0.0968 e. The van der Waals surface area contributed by atoms with Gasteiger partial charge in [-0.05, 0) is 12.1 Å². The quantitative estimate of drug-likeness (QED) is 0.734. The van der Waals surface area contributed by atoms with Gasteiger partial charge in [0.2, 0.25) is 0 Å². The van der Waals surface area contributed by atoms with Gasteiger partial charge < -0.3 is 0 Å². The van der Waals surface area contributed by atoms with Crippen molar-refractivity contribution in [3.05, 3.63) is 35.1 Å². The summed E-state index contributed by atoms with van der Waals surface area (Å²) in [5.74, 6) is 0. The fraction of sp³-hybridized carbons (Fsp3) is 0.111. The molecule has 0 aromatic carbocycles. The van der Waals surface area contributed by atoms with Crippen LogP contribution in [0.3, 0.4) is 0 Å². The van der Waals surface area contributed by atoms with Crippen molar-refractivity contribution in [2.45, 2.75) is 3.74 Å². The topological polar surface area (TPSA) is 25.8 Å². The molecule has 2 aromatic rings. The highest BCUT2D eigenvalue weighted by atomic mass is 79.9. The van der Waals surface area contributed by atoms with Crippen LogP contribution < -0.4 is 0 Å². The first-order valence-corrected chi connectivity index (χ1v) is 6.08. The second kappa shape index (κ2) is 4.13. The minimum atomic E-state index is 0.0779. The van der Waals surface area contributed by atoms with Crippen LogP contribution in [0.4, 0.5) is 0 Å². The van der Waals surface area contributed by atoms with Crippen molar-refractivity contribution in [3.63, 3.8) is 0 Å². The third kappa shape index (κ3) is 1.92. The molecule has 0 bridgehead atoms. The van der Waals surface area contributed by atoms with Crippen molar-refractivity contribution in [2.75, 3.05) is 0 Å². The highest BCUT2D eigenvalue weighted by Gasteiger charge is 2.09. The Morgan fingerprint density at radius 2 is 2.07 bits per heavy atom. The Kier molecular flexibility index (Phi) is 3.04. The van der Waals surface area contributed by atoms with Crippen molar-refractivity contribution >= 4 is 54.5 Å². The molecule has 2 rings (SSSR count). The van der Waals surface area contributed by atoms with E-state index in [2.05, 4.69) is 41.8 Å². The summed E-state index contributed by atoms with van der Waals surface area (Å²) in [7, 11) is 0. The molecule has 0 amide bonds. The maximum atomic E-state index is 5.82. The molecule has 0 saturated carbocycles. The van der Waals surface area contributed by atoms with E-state index in [-0.39, 0.29) is 3.74 Å². The van der Waals surface area contributed by atoms with Crippen molar-refractivity contribution in [1.82, 2.24) is 9.97 Å². The standard InChI is InChI=1S/C9H5Br2ClN2/c10-9(11)6-1-2-13-7-3-5(12)4-14-8(6)7/h1-4,9H. The third-order valence-electron chi connectivity index (χ3n) is 1.81. The van der Waals surface area contributed by atoms with Gasteiger partial charge in [0.15, 0.2) is 0 Å². The smallest absolute Gasteiger partial charge is 0.0968 e. The predicted octanol–water partition coefficient (Wildman–Crippen LogP) is 4.07. The van der Waals surface area contributed by atoms with Gasteiger partial charge in [-0.3, -0.25) is 9.97 Å². The zero-order chi connectivity index (χ0) is 10.1. The van der Waals surface area contributed by atoms with E-state index in [4.69, 9.17) is 11.6 Å². The van der Waals surface area contributed by atoms with Crippen LogP contribution in [-0.2, 0) is 0 Å². The molecule has 5 heteroatoms. The third-order valence-corrected chi connectivity index (χ3v) is 3.00. The predicted molar refractivity (Wildman–Crippen MR) is 65.1 cm³/mol. The van der Waals surface area contributed by atoms with E-state index < -0.39 is 0 Å². The molecule has 0 atom stereocenters. The Labute approximate surface area is 103 Å². The highest BCUT2D eigenvalue weighted by Crippen LogP contribution is 2.33. The van der Waals surface area contributed by atoms with Gasteiger partial charge in [-0.25, -0.2) is 0 Å². The largest absolute Gasteiger partial charge is 0.255 e. The molecule has 0 fully saturated rings. The van der Waals surface area contributed by atoms with Crippen molar-refractivity contribution < 1.29 is 0 Å². The minimum absolute atomic E-state index is 0.0779. The molecular weight excluding hydrogens is 331 g/mol. The molecule has 0 radical (unpaired) electrons. The first kappa shape index (κ1) is 10.3. The summed E-state index contributed by atoms with van der Waals surface area (Å²) in [6.45, 7) is 0. The summed E-state index contributed by atoms with van der Waals surface area (Å²) >= 11 is 12.7.